The van der Waals surface area contributed by atoms with E-state index in [1.54, 1.807) is 6.92 Å². The van der Waals surface area contributed by atoms with Crippen molar-refractivity contribution in [2.45, 2.75) is 25.8 Å². The number of benzene rings is 1. The first-order valence-corrected chi connectivity index (χ1v) is 6.48. The number of carbonyl (C=O) groups is 1. The van der Waals surface area contributed by atoms with Crippen molar-refractivity contribution in [3.8, 4) is 0 Å². The Labute approximate surface area is 116 Å². The lowest BCUT2D eigenvalue weighted by molar-refractivity contribution is -0.385. The quantitative estimate of drug-likeness (QED) is 0.573. The van der Waals surface area contributed by atoms with Gasteiger partial charge in [-0.05, 0) is 38.9 Å². The molecule has 1 heterocycles. The average molecular weight is 279 g/mol. The summed E-state index contributed by atoms with van der Waals surface area (Å²) in [4.78, 5) is 21.5. The summed E-state index contributed by atoms with van der Waals surface area (Å²) >= 11 is 0. The predicted octanol–water partition coefficient (Wildman–Crippen LogP) is 1.77. The van der Waals surface area contributed by atoms with Crippen molar-refractivity contribution in [1.82, 2.24) is 5.32 Å². The van der Waals surface area contributed by atoms with Crippen molar-refractivity contribution in [3.05, 3.63) is 33.4 Å². The number of carboxylic acid groups (broad SMARTS) is 1. The molecule has 1 aromatic carbocycles. The highest BCUT2D eigenvalue weighted by Gasteiger charge is 2.21. The van der Waals surface area contributed by atoms with E-state index in [1.165, 1.54) is 6.07 Å². The summed E-state index contributed by atoms with van der Waals surface area (Å²) in [6.07, 6.45) is 1.81. The fourth-order valence-corrected chi connectivity index (χ4v) is 2.35. The molecule has 1 fully saturated rings. The fraction of sp³-hybridized carbons (Fsp3) is 0.462. The minimum absolute atomic E-state index is 0.0706. The lowest BCUT2D eigenvalue weighted by atomic mass is 10.0. The first-order valence-electron chi connectivity index (χ1n) is 6.48. The first-order chi connectivity index (χ1) is 9.49. The van der Waals surface area contributed by atoms with Crippen molar-refractivity contribution in [2.24, 2.45) is 0 Å². The number of nitro benzene ring substituents is 1. The van der Waals surface area contributed by atoms with Gasteiger partial charge in [0.25, 0.3) is 5.69 Å². The van der Waals surface area contributed by atoms with E-state index in [1.807, 2.05) is 0 Å². The lowest BCUT2D eigenvalue weighted by Gasteiger charge is -2.25. The van der Waals surface area contributed by atoms with Gasteiger partial charge in [0.1, 0.15) is 0 Å². The minimum Gasteiger partial charge on any atom is -0.478 e. The number of anilines is 1. The summed E-state index contributed by atoms with van der Waals surface area (Å²) in [6, 6.07) is 2.77. The summed E-state index contributed by atoms with van der Waals surface area (Å²) in [6.45, 7) is 3.40. The molecule has 7 nitrogen and oxygen atoms in total. The summed E-state index contributed by atoms with van der Waals surface area (Å²) in [5.74, 6) is -1.17. The lowest BCUT2D eigenvalue weighted by Crippen LogP contribution is -2.35. The largest absolute Gasteiger partial charge is 0.478 e. The Morgan fingerprint density at radius 3 is 2.65 bits per heavy atom. The van der Waals surface area contributed by atoms with Gasteiger partial charge in [-0.2, -0.15) is 0 Å². The van der Waals surface area contributed by atoms with Crippen molar-refractivity contribution in [3.63, 3.8) is 0 Å². The molecular formula is C13H17N3O4. The smallest absolute Gasteiger partial charge is 0.336 e. The SMILES string of the molecule is Cc1c(NC2CCNCC2)cc(C(=O)O)cc1[N+](=O)[O-]. The molecule has 108 valence electrons. The Morgan fingerprint density at radius 1 is 1.45 bits per heavy atom. The number of piperidine rings is 1. The van der Waals surface area contributed by atoms with Crippen LogP contribution in [0.2, 0.25) is 0 Å². The van der Waals surface area contributed by atoms with Crippen LogP contribution in [0, 0.1) is 17.0 Å². The maximum Gasteiger partial charge on any atom is 0.336 e. The van der Waals surface area contributed by atoms with Crippen LogP contribution in [0.25, 0.3) is 0 Å². The predicted molar refractivity (Wildman–Crippen MR) is 74.3 cm³/mol. The molecule has 0 aliphatic carbocycles. The van der Waals surface area contributed by atoms with Gasteiger partial charge in [0.2, 0.25) is 0 Å². The zero-order valence-corrected chi connectivity index (χ0v) is 11.2. The molecule has 0 amide bonds. The Bertz CT molecular complexity index is 539. The number of nitro groups is 1. The number of aromatic carboxylic acids is 1. The van der Waals surface area contributed by atoms with Crippen molar-refractivity contribution >= 4 is 17.3 Å². The molecule has 3 N–H and O–H groups in total. The summed E-state index contributed by atoms with van der Waals surface area (Å²) < 4.78 is 0. The van der Waals surface area contributed by atoms with E-state index in [-0.39, 0.29) is 17.3 Å². The van der Waals surface area contributed by atoms with Crippen LogP contribution in [0.3, 0.4) is 0 Å². The molecule has 0 spiro atoms. The molecule has 0 saturated carbocycles. The maximum atomic E-state index is 11.1. The second-order valence-corrected chi connectivity index (χ2v) is 4.90. The van der Waals surface area contributed by atoms with Gasteiger partial charge in [0.15, 0.2) is 0 Å². The van der Waals surface area contributed by atoms with Crippen LogP contribution in [0.4, 0.5) is 11.4 Å². The second kappa shape index (κ2) is 5.87. The van der Waals surface area contributed by atoms with Gasteiger partial charge < -0.3 is 15.7 Å². The van der Waals surface area contributed by atoms with Crippen LogP contribution < -0.4 is 10.6 Å². The molecule has 20 heavy (non-hydrogen) atoms. The third kappa shape index (κ3) is 3.05. The Morgan fingerprint density at radius 2 is 2.10 bits per heavy atom. The number of nitrogens with one attached hydrogen (secondary N) is 2. The van der Waals surface area contributed by atoms with Crippen LogP contribution in [-0.2, 0) is 0 Å². The highest BCUT2D eigenvalue weighted by Crippen LogP contribution is 2.29. The van der Waals surface area contributed by atoms with Crippen LogP contribution in [-0.4, -0.2) is 35.1 Å². The van der Waals surface area contributed by atoms with Gasteiger partial charge in [0.05, 0.1) is 10.5 Å². The third-order valence-corrected chi connectivity index (χ3v) is 3.52. The van der Waals surface area contributed by atoms with Crippen LogP contribution in [0.1, 0.15) is 28.8 Å². The van der Waals surface area contributed by atoms with E-state index in [2.05, 4.69) is 10.6 Å². The molecule has 0 radical (unpaired) electrons. The zero-order chi connectivity index (χ0) is 14.7. The molecule has 1 aliphatic rings. The van der Waals surface area contributed by atoms with Gasteiger partial charge in [-0.25, -0.2) is 4.79 Å². The fourth-order valence-electron chi connectivity index (χ4n) is 2.35. The van der Waals surface area contributed by atoms with Gasteiger partial charge in [-0.1, -0.05) is 0 Å². The van der Waals surface area contributed by atoms with Gasteiger partial charge in [0, 0.05) is 23.4 Å². The standard InChI is InChI=1S/C13H17N3O4/c1-8-11(15-10-2-4-14-5-3-10)6-9(13(17)18)7-12(8)16(19)20/h6-7,10,14-15H,2-5H2,1H3,(H,17,18). The minimum atomic E-state index is -1.17. The number of hydrogen-bond acceptors (Lipinski definition) is 5. The van der Waals surface area contributed by atoms with E-state index in [0.717, 1.165) is 32.0 Å². The molecule has 7 heteroatoms. The second-order valence-electron chi connectivity index (χ2n) is 4.90. The Balaban J connectivity index is 2.34. The van der Waals surface area contributed by atoms with E-state index >= 15 is 0 Å². The number of hydrogen-bond donors (Lipinski definition) is 3. The monoisotopic (exact) mass is 279 g/mol. The molecule has 2 rings (SSSR count). The number of carboxylic acids is 1. The Kier molecular flexibility index (Phi) is 4.19. The average Bonchev–Trinajstić information content (AvgIpc) is 2.41. The third-order valence-electron chi connectivity index (χ3n) is 3.52. The number of rotatable bonds is 4. The van der Waals surface area contributed by atoms with Crippen molar-refractivity contribution < 1.29 is 14.8 Å². The van der Waals surface area contributed by atoms with Gasteiger partial charge >= 0.3 is 5.97 Å². The molecule has 1 saturated heterocycles. The normalized spacial score (nSPS) is 15.8. The molecule has 0 aromatic heterocycles. The highest BCUT2D eigenvalue weighted by atomic mass is 16.6. The summed E-state index contributed by atoms with van der Waals surface area (Å²) in [5.41, 5.74) is 0.766. The van der Waals surface area contributed by atoms with E-state index in [4.69, 9.17) is 5.11 Å². The topological polar surface area (TPSA) is 104 Å². The highest BCUT2D eigenvalue weighted by molar-refractivity contribution is 5.90. The molecule has 0 atom stereocenters. The van der Waals surface area contributed by atoms with Crippen molar-refractivity contribution in [1.29, 1.82) is 0 Å². The molecule has 0 bridgehead atoms. The van der Waals surface area contributed by atoms with Crippen LogP contribution in [0.15, 0.2) is 12.1 Å². The zero-order valence-electron chi connectivity index (χ0n) is 11.2. The molecule has 1 aromatic rings. The van der Waals surface area contributed by atoms with Gasteiger partial charge in [-0.3, -0.25) is 10.1 Å². The van der Waals surface area contributed by atoms with E-state index in [9.17, 15) is 14.9 Å². The van der Waals surface area contributed by atoms with Crippen LogP contribution in [0.5, 0.6) is 0 Å². The summed E-state index contributed by atoms with van der Waals surface area (Å²) in [7, 11) is 0. The first kappa shape index (κ1) is 14.3. The number of nitrogens with zero attached hydrogens (tertiary/aromatic N) is 1. The van der Waals surface area contributed by atoms with Crippen LogP contribution >= 0.6 is 0 Å². The molecule has 0 unspecified atom stereocenters. The van der Waals surface area contributed by atoms with Gasteiger partial charge in [-0.15, -0.1) is 0 Å². The van der Waals surface area contributed by atoms with E-state index < -0.39 is 10.9 Å². The molecule has 1 aliphatic heterocycles. The molecular weight excluding hydrogens is 262 g/mol. The summed E-state index contributed by atoms with van der Waals surface area (Å²) in [5, 5.41) is 26.5. The Hall–Kier alpha value is -2.15. The van der Waals surface area contributed by atoms with Crippen molar-refractivity contribution in [2.75, 3.05) is 18.4 Å². The maximum absolute atomic E-state index is 11.1. The van der Waals surface area contributed by atoms with E-state index in [0.29, 0.717) is 11.3 Å².